The highest BCUT2D eigenvalue weighted by Gasteiger charge is 2.67. The Labute approximate surface area is 154 Å². The summed E-state index contributed by atoms with van der Waals surface area (Å²) in [4.78, 5) is -1.15. The average Bonchev–Trinajstić information content (AvgIpc) is 2.56. The first-order valence-corrected chi connectivity index (χ1v) is 9.24. The number of hydrogen-bond donors (Lipinski definition) is 0. The van der Waals surface area contributed by atoms with Crippen LogP contribution in [-0.2, 0) is 9.75 Å². The molecule has 5 rings (SSSR count). The summed E-state index contributed by atoms with van der Waals surface area (Å²) in [6.45, 7) is 8.79. The van der Waals surface area contributed by atoms with Crippen LogP contribution in [0.5, 0.6) is 0 Å². The Kier molecular flexibility index (Phi) is 3.31. The molecule has 0 N–H and O–H groups in total. The van der Waals surface area contributed by atoms with Gasteiger partial charge in [-0.2, -0.15) is 0 Å². The lowest BCUT2D eigenvalue weighted by Gasteiger charge is -2.63. The van der Waals surface area contributed by atoms with Crippen molar-refractivity contribution >= 4 is 23.2 Å². The molecule has 0 saturated heterocycles. The van der Waals surface area contributed by atoms with E-state index in [0.29, 0.717) is 0 Å². The van der Waals surface area contributed by atoms with E-state index in [-0.39, 0.29) is 11.3 Å². The van der Waals surface area contributed by atoms with E-state index in [1.165, 1.54) is 5.57 Å². The summed E-state index contributed by atoms with van der Waals surface area (Å²) in [5.41, 5.74) is 5.68. The summed E-state index contributed by atoms with van der Waals surface area (Å²) in [6.07, 6.45) is 2.32. The monoisotopic (exact) mass is 356 g/mol. The van der Waals surface area contributed by atoms with E-state index in [1.54, 1.807) is 0 Å². The van der Waals surface area contributed by atoms with Crippen molar-refractivity contribution in [1.82, 2.24) is 0 Å². The quantitative estimate of drug-likeness (QED) is 0.399. The normalized spacial score (nSPS) is 32.0. The van der Waals surface area contributed by atoms with Crippen molar-refractivity contribution in [3.63, 3.8) is 0 Å². The Balaban J connectivity index is 2.20. The molecular weight excluding hydrogens is 335 g/mol. The first-order valence-electron chi connectivity index (χ1n) is 8.48. The highest BCUT2D eigenvalue weighted by atomic mass is 35.5. The Hall–Kier alpha value is -1.24. The van der Waals surface area contributed by atoms with Gasteiger partial charge in [-0.25, -0.2) is 0 Å². The largest absolute Gasteiger partial charge is 0.108 e. The Bertz CT molecular complexity index is 808. The van der Waals surface area contributed by atoms with Crippen molar-refractivity contribution < 1.29 is 0 Å². The second kappa shape index (κ2) is 4.90. The number of hydrogen-bond acceptors (Lipinski definition) is 0. The number of halogens is 2. The van der Waals surface area contributed by atoms with Gasteiger partial charge < -0.3 is 0 Å². The average molecular weight is 357 g/mol. The summed E-state index contributed by atoms with van der Waals surface area (Å²) >= 11 is 15.0. The van der Waals surface area contributed by atoms with Crippen LogP contribution in [0.4, 0.5) is 0 Å². The van der Waals surface area contributed by atoms with Crippen molar-refractivity contribution in [1.29, 1.82) is 0 Å². The number of allylic oxidation sites excluding steroid dienone is 2. The maximum absolute atomic E-state index is 7.51. The molecule has 2 heteroatoms. The van der Waals surface area contributed by atoms with Gasteiger partial charge in [0.1, 0.15) is 9.75 Å². The van der Waals surface area contributed by atoms with Crippen LogP contribution >= 0.6 is 23.2 Å². The third kappa shape index (κ3) is 1.67. The van der Waals surface area contributed by atoms with E-state index in [1.807, 2.05) is 0 Å². The van der Waals surface area contributed by atoms with Gasteiger partial charge in [-0.3, -0.25) is 0 Å². The molecule has 0 amide bonds. The van der Waals surface area contributed by atoms with E-state index >= 15 is 0 Å². The Morgan fingerprint density at radius 2 is 1.25 bits per heavy atom. The molecule has 0 nitrogen and oxygen atoms in total. The van der Waals surface area contributed by atoms with Crippen LogP contribution < -0.4 is 0 Å². The van der Waals surface area contributed by atoms with Gasteiger partial charge in [0.15, 0.2) is 0 Å². The fraction of sp³-hybridized carbons (Fsp3) is 0.364. The van der Waals surface area contributed by atoms with E-state index in [0.717, 1.165) is 22.3 Å². The van der Waals surface area contributed by atoms with E-state index in [4.69, 9.17) is 23.2 Å². The van der Waals surface area contributed by atoms with Gasteiger partial charge in [-0.15, -0.1) is 23.2 Å². The predicted molar refractivity (Wildman–Crippen MR) is 103 cm³/mol. The summed E-state index contributed by atoms with van der Waals surface area (Å²) in [5, 5.41) is 0. The predicted octanol–water partition coefficient (Wildman–Crippen LogP) is 6.59. The number of rotatable bonds is 1. The maximum Gasteiger partial charge on any atom is 0.102 e. The van der Waals surface area contributed by atoms with Crippen molar-refractivity contribution in [3.05, 3.63) is 82.4 Å². The van der Waals surface area contributed by atoms with Crippen molar-refractivity contribution in [2.75, 3.05) is 0 Å². The minimum atomic E-state index is -0.579. The molecule has 2 aromatic carbocycles. The SMILES string of the molecule is CC(C)=CC1C2(Cl)c3ccccc3C(Cl)(c3ccccc32)C1(C)C. The minimum absolute atomic E-state index is 0.124. The van der Waals surface area contributed by atoms with Crippen LogP contribution in [0.15, 0.2) is 60.2 Å². The lowest BCUT2D eigenvalue weighted by atomic mass is 9.47. The van der Waals surface area contributed by atoms with Crippen LogP contribution in [-0.4, -0.2) is 0 Å². The molecule has 0 saturated carbocycles. The fourth-order valence-corrected chi connectivity index (χ4v) is 6.00. The Morgan fingerprint density at radius 3 is 1.67 bits per heavy atom. The molecule has 0 aromatic heterocycles. The zero-order chi connectivity index (χ0) is 17.3. The molecule has 24 heavy (non-hydrogen) atoms. The topological polar surface area (TPSA) is 0 Å². The van der Waals surface area contributed by atoms with Gasteiger partial charge in [-0.05, 0) is 36.1 Å². The zero-order valence-electron chi connectivity index (χ0n) is 14.5. The lowest BCUT2D eigenvalue weighted by molar-refractivity contribution is 0.124. The van der Waals surface area contributed by atoms with Gasteiger partial charge in [0, 0.05) is 11.3 Å². The smallest absolute Gasteiger partial charge is 0.102 e. The number of fused-ring (bicyclic) bond motifs is 1. The number of benzene rings is 2. The van der Waals surface area contributed by atoms with E-state index in [2.05, 4.69) is 82.3 Å². The molecule has 1 atom stereocenters. The molecule has 0 spiro atoms. The van der Waals surface area contributed by atoms with Gasteiger partial charge in [0.2, 0.25) is 0 Å². The second-order valence-electron chi connectivity index (χ2n) is 7.90. The van der Waals surface area contributed by atoms with Gasteiger partial charge in [-0.1, -0.05) is 74.0 Å². The van der Waals surface area contributed by atoms with Gasteiger partial charge in [0.25, 0.3) is 0 Å². The molecule has 0 heterocycles. The minimum Gasteiger partial charge on any atom is -0.108 e. The highest BCUT2D eigenvalue weighted by molar-refractivity contribution is 6.32. The molecule has 0 fully saturated rings. The van der Waals surface area contributed by atoms with Crippen LogP contribution in [0.2, 0.25) is 0 Å². The molecule has 2 bridgehead atoms. The lowest BCUT2D eigenvalue weighted by Crippen LogP contribution is -2.60. The van der Waals surface area contributed by atoms with Crippen LogP contribution in [0.3, 0.4) is 0 Å². The molecule has 3 aliphatic rings. The molecule has 0 aliphatic heterocycles. The molecule has 1 unspecified atom stereocenters. The first-order chi connectivity index (χ1) is 11.3. The molecule has 2 aromatic rings. The summed E-state index contributed by atoms with van der Waals surface area (Å²) in [5.74, 6) is 0.124. The van der Waals surface area contributed by atoms with Crippen molar-refractivity contribution in [3.8, 4) is 0 Å². The first kappa shape index (κ1) is 16.2. The highest BCUT2D eigenvalue weighted by Crippen LogP contribution is 2.72. The van der Waals surface area contributed by atoms with Crippen LogP contribution in [0.1, 0.15) is 49.9 Å². The summed E-state index contributed by atoms with van der Waals surface area (Å²) in [6, 6.07) is 16.9. The zero-order valence-corrected chi connectivity index (χ0v) is 16.0. The van der Waals surface area contributed by atoms with Gasteiger partial charge in [0.05, 0.1) is 0 Å². The third-order valence-corrected chi connectivity index (χ3v) is 7.51. The van der Waals surface area contributed by atoms with Crippen molar-refractivity contribution in [2.24, 2.45) is 11.3 Å². The van der Waals surface area contributed by atoms with Crippen LogP contribution in [0.25, 0.3) is 0 Å². The fourth-order valence-electron chi connectivity index (χ4n) is 4.89. The van der Waals surface area contributed by atoms with E-state index in [9.17, 15) is 0 Å². The van der Waals surface area contributed by atoms with E-state index < -0.39 is 9.75 Å². The molecular formula is C22H22Cl2. The standard InChI is InChI=1S/C22H22Cl2/c1-14(2)13-19-20(3,4)22(24)17-11-7-5-9-15(17)21(19,23)16-10-6-8-12-18(16)22/h5-13,19H,1-4H3. The molecule has 0 radical (unpaired) electrons. The van der Waals surface area contributed by atoms with Gasteiger partial charge >= 0.3 is 0 Å². The van der Waals surface area contributed by atoms with Crippen molar-refractivity contribution in [2.45, 2.75) is 37.4 Å². The Morgan fingerprint density at radius 1 is 0.833 bits per heavy atom. The summed E-state index contributed by atoms with van der Waals surface area (Å²) in [7, 11) is 0. The second-order valence-corrected chi connectivity index (χ2v) is 9.07. The maximum atomic E-state index is 7.51. The molecule has 3 aliphatic carbocycles. The molecule has 124 valence electrons. The third-order valence-electron chi connectivity index (χ3n) is 5.97. The number of alkyl halides is 2. The summed E-state index contributed by atoms with van der Waals surface area (Å²) < 4.78 is 0. The van der Waals surface area contributed by atoms with Crippen LogP contribution in [0, 0.1) is 11.3 Å².